The highest BCUT2D eigenvalue weighted by atomic mass is 31.2. The van der Waals surface area contributed by atoms with Crippen LogP contribution in [0.4, 0.5) is 0 Å². The van der Waals surface area contributed by atoms with Crippen molar-refractivity contribution < 1.29 is 32.9 Å². The van der Waals surface area contributed by atoms with Crippen LogP contribution >= 0.6 is 7.82 Å². The second kappa shape index (κ2) is 28.5. The third-order valence-electron chi connectivity index (χ3n) is 8.01. The SMILES string of the molecule is CCCCCCCCCCCCC/C=C/C(O)C(COP(=O)(O)OCC[N+](C)(C)C)NC(=O)CCCCCCCCCCC. The summed E-state index contributed by atoms with van der Waals surface area (Å²) in [6, 6.07) is -0.836. The van der Waals surface area contributed by atoms with Crippen molar-refractivity contribution in [3.63, 3.8) is 0 Å². The van der Waals surface area contributed by atoms with E-state index >= 15 is 0 Å². The van der Waals surface area contributed by atoms with E-state index in [0.717, 1.165) is 38.5 Å². The monoisotopic (exact) mass is 648 g/mol. The van der Waals surface area contributed by atoms with Gasteiger partial charge in [-0.2, -0.15) is 0 Å². The first-order valence-electron chi connectivity index (χ1n) is 18.1. The molecule has 0 spiro atoms. The van der Waals surface area contributed by atoms with Crippen LogP contribution in [0.2, 0.25) is 0 Å². The number of phosphoric ester groups is 1. The lowest BCUT2D eigenvalue weighted by Gasteiger charge is -2.25. The van der Waals surface area contributed by atoms with Crippen molar-refractivity contribution in [2.24, 2.45) is 0 Å². The Morgan fingerprint density at radius 1 is 0.750 bits per heavy atom. The molecule has 0 aliphatic carbocycles. The molecule has 0 saturated heterocycles. The predicted octanol–water partition coefficient (Wildman–Crippen LogP) is 8.85. The van der Waals surface area contributed by atoms with Gasteiger partial charge in [-0.25, -0.2) is 4.57 Å². The number of carbonyl (C=O) groups excluding carboxylic acids is 1. The van der Waals surface area contributed by atoms with Crippen molar-refractivity contribution in [3.05, 3.63) is 12.2 Å². The van der Waals surface area contributed by atoms with Gasteiger partial charge in [-0.3, -0.25) is 13.8 Å². The molecule has 3 atom stereocenters. The minimum Gasteiger partial charge on any atom is -0.387 e. The van der Waals surface area contributed by atoms with Crippen molar-refractivity contribution in [1.29, 1.82) is 0 Å². The largest absolute Gasteiger partial charge is 0.472 e. The number of nitrogens with zero attached hydrogens (tertiary/aromatic N) is 1. The number of quaternary nitrogens is 1. The molecule has 3 N–H and O–H groups in total. The van der Waals surface area contributed by atoms with Crippen molar-refractivity contribution >= 4 is 13.7 Å². The summed E-state index contributed by atoms with van der Waals surface area (Å²) in [6.07, 6.45) is 28.4. The molecule has 0 fully saturated rings. The molecule has 0 aromatic rings. The van der Waals surface area contributed by atoms with Crippen LogP contribution in [0, 0.1) is 0 Å². The van der Waals surface area contributed by atoms with Crippen LogP contribution in [0.25, 0.3) is 0 Å². The number of nitrogens with one attached hydrogen (secondary N) is 1. The Balaban J connectivity index is 4.57. The van der Waals surface area contributed by atoms with Gasteiger partial charge in [-0.05, 0) is 19.3 Å². The van der Waals surface area contributed by atoms with E-state index < -0.39 is 20.0 Å². The van der Waals surface area contributed by atoms with Gasteiger partial charge >= 0.3 is 7.82 Å². The van der Waals surface area contributed by atoms with Crippen LogP contribution in [-0.2, 0) is 18.4 Å². The quantitative estimate of drug-likeness (QED) is 0.0292. The molecule has 44 heavy (non-hydrogen) atoms. The molecule has 0 aromatic carbocycles. The second-order valence-electron chi connectivity index (χ2n) is 13.6. The first kappa shape index (κ1) is 43.2. The lowest BCUT2D eigenvalue weighted by molar-refractivity contribution is -0.870. The Morgan fingerprint density at radius 2 is 1.20 bits per heavy atom. The smallest absolute Gasteiger partial charge is 0.387 e. The van der Waals surface area contributed by atoms with Gasteiger partial charge in [-0.1, -0.05) is 142 Å². The highest BCUT2D eigenvalue weighted by Crippen LogP contribution is 2.43. The van der Waals surface area contributed by atoms with Crippen molar-refractivity contribution in [3.8, 4) is 0 Å². The van der Waals surface area contributed by atoms with E-state index in [0.29, 0.717) is 17.4 Å². The number of unbranched alkanes of at least 4 members (excludes halogenated alkanes) is 19. The minimum absolute atomic E-state index is 0.0638. The summed E-state index contributed by atoms with van der Waals surface area (Å²) >= 11 is 0. The van der Waals surface area contributed by atoms with Gasteiger partial charge in [0.05, 0.1) is 39.9 Å². The van der Waals surface area contributed by atoms with Gasteiger partial charge in [0.25, 0.3) is 0 Å². The zero-order valence-electron chi connectivity index (χ0n) is 29.4. The topological polar surface area (TPSA) is 105 Å². The molecule has 262 valence electrons. The van der Waals surface area contributed by atoms with Crippen LogP contribution in [0.5, 0.6) is 0 Å². The Bertz CT molecular complexity index is 743. The van der Waals surface area contributed by atoms with Crippen molar-refractivity contribution in [2.45, 2.75) is 167 Å². The molecule has 0 aliphatic rings. The summed E-state index contributed by atoms with van der Waals surface area (Å²) in [5.41, 5.74) is 0. The van der Waals surface area contributed by atoms with E-state index in [4.69, 9.17) is 9.05 Å². The Kier molecular flexibility index (Phi) is 28.0. The summed E-state index contributed by atoms with van der Waals surface area (Å²) < 4.78 is 23.4. The third kappa shape index (κ3) is 29.9. The lowest BCUT2D eigenvalue weighted by Crippen LogP contribution is -2.45. The van der Waals surface area contributed by atoms with E-state index in [1.165, 1.54) is 96.3 Å². The average molecular weight is 648 g/mol. The van der Waals surface area contributed by atoms with Crippen molar-refractivity contribution in [2.75, 3.05) is 40.9 Å². The first-order chi connectivity index (χ1) is 21.0. The summed E-state index contributed by atoms with van der Waals surface area (Å²) in [6.45, 7) is 4.76. The van der Waals surface area contributed by atoms with E-state index in [9.17, 15) is 19.4 Å². The summed E-state index contributed by atoms with van der Waals surface area (Å²) in [7, 11) is 1.57. The molecule has 0 radical (unpaired) electrons. The standard InChI is InChI=1S/C35H71N2O6P/c1-6-8-10-12-14-16-17-18-19-21-22-24-26-28-34(38)33(32-43-44(40,41)42-31-30-37(3,4)5)36-35(39)29-27-25-23-20-15-13-11-9-7-2/h26,28,33-34,38H,6-25,27,29-32H2,1-5H3,(H-,36,39,40,41)/p+1/b28-26+. The lowest BCUT2D eigenvalue weighted by atomic mass is 10.0. The van der Waals surface area contributed by atoms with Crippen LogP contribution in [0.1, 0.15) is 155 Å². The van der Waals surface area contributed by atoms with E-state index in [2.05, 4.69) is 19.2 Å². The number of likely N-dealkylation sites (N-methyl/N-ethyl adjacent to an activating group) is 1. The highest BCUT2D eigenvalue weighted by molar-refractivity contribution is 7.47. The number of hydrogen-bond acceptors (Lipinski definition) is 5. The minimum atomic E-state index is -4.32. The molecular formula is C35H72N2O6P+. The number of amides is 1. The average Bonchev–Trinajstić information content (AvgIpc) is 2.95. The van der Waals surface area contributed by atoms with Gasteiger partial charge in [0.1, 0.15) is 13.2 Å². The fourth-order valence-corrected chi connectivity index (χ4v) is 5.77. The Hall–Kier alpha value is -0.760. The number of rotatable bonds is 32. The van der Waals surface area contributed by atoms with Crippen LogP contribution < -0.4 is 5.32 Å². The molecular weight excluding hydrogens is 575 g/mol. The number of allylic oxidation sites excluding steroid dienone is 1. The highest BCUT2D eigenvalue weighted by Gasteiger charge is 2.27. The third-order valence-corrected chi connectivity index (χ3v) is 8.99. The summed E-state index contributed by atoms with van der Waals surface area (Å²) in [5.74, 6) is -0.182. The van der Waals surface area contributed by atoms with E-state index in [1.54, 1.807) is 6.08 Å². The van der Waals surface area contributed by atoms with Crippen LogP contribution in [0.15, 0.2) is 12.2 Å². The normalized spacial score (nSPS) is 15.0. The van der Waals surface area contributed by atoms with Gasteiger partial charge < -0.3 is 19.8 Å². The fourth-order valence-electron chi connectivity index (χ4n) is 5.04. The zero-order chi connectivity index (χ0) is 32.9. The molecule has 0 bridgehead atoms. The van der Waals surface area contributed by atoms with Crippen LogP contribution in [0.3, 0.4) is 0 Å². The Labute approximate surface area is 272 Å². The van der Waals surface area contributed by atoms with Gasteiger partial charge in [0, 0.05) is 6.42 Å². The molecule has 0 aliphatic heterocycles. The molecule has 9 heteroatoms. The molecule has 8 nitrogen and oxygen atoms in total. The van der Waals surface area contributed by atoms with Gasteiger partial charge in [-0.15, -0.1) is 0 Å². The molecule has 0 heterocycles. The number of hydrogen-bond donors (Lipinski definition) is 3. The van der Waals surface area contributed by atoms with Crippen molar-refractivity contribution in [1.82, 2.24) is 5.32 Å². The number of aliphatic hydroxyl groups is 1. The van der Waals surface area contributed by atoms with Gasteiger partial charge in [0.15, 0.2) is 0 Å². The second-order valence-corrected chi connectivity index (χ2v) is 15.1. The number of carbonyl (C=O) groups is 1. The maximum Gasteiger partial charge on any atom is 0.472 e. The first-order valence-corrected chi connectivity index (χ1v) is 19.6. The molecule has 0 aromatic heterocycles. The molecule has 1 amide bonds. The summed E-state index contributed by atoms with van der Waals surface area (Å²) in [5, 5.41) is 13.7. The molecule has 0 saturated carbocycles. The zero-order valence-corrected chi connectivity index (χ0v) is 30.3. The van der Waals surface area contributed by atoms with E-state index in [1.807, 2.05) is 27.2 Å². The van der Waals surface area contributed by atoms with Crippen LogP contribution in [-0.4, -0.2) is 73.4 Å². The molecule has 0 rings (SSSR count). The maximum atomic E-state index is 12.7. The maximum absolute atomic E-state index is 12.7. The predicted molar refractivity (Wildman–Crippen MR) is 185 cm³/mol. The summed E-state index contributed by atoms with van der Waals surface area (Å²) in [4.78, 5) is 22.9. The molecule has 3 unspecified atom stereocenters. The fraction of sp³-hybridized carbons (Fsp3) is 0.914. The van der Waals surface area contributed by atoms with E-state index in [-0.39, 0.29) is 19.1 Å². The number of aliphatic hydroxyl groups excluding tert-OH is 1. The Morgan fingerprint density at radius 3 is 1.68 bits per heavy atom. The number of phosphoric acid groups is 1. The van der Waals surface area contributed by atoms with Gasteiger partial charge in [0.2, 0.25) is 5.91 Å².